The van der Waals surface area contributed by atoms with Crippen LogP contribution in [0.15, 0.2) is 71.8 Å². The zero-order chi connectivity index (χ0) is 20.8. The Kier molecular flexibility index (Phi) is 4.28. The largest absolute Gasteiger partial charge is 0.350 e. The Morgan fingerprint density at radius 2 is 1.73 bits per heavy atom. The van der Waals surface area contributed by atoms with E-state index in [1.54, 1.807) is 21.3 Å². The summed E-state index contributed by atoms with van der Waals surface area (Å²) in [4.78, 5) is 12.9. The molecule has 150 valence electrons. The van der Waals surface area contributed by atoms with E-state index < -0.39 is 0 Å². The highest BCUT2D eigenvalue weighted by Gasteiger charge is 2.14. The van der Waals surface area contributed by atoms with E-state index in [0.29, 0.717) is 18.1 Å². The maximum atomic E-state index is 12.9. The average Bonchev–Trinajstić information content (AvgIpc) is 3.31. The summed E-state index contributed by atoms with van der Waals surface area (Å²) in [7, 11) is 0. The number of hydrogen-bond donors (Lipinski definition) is 0. The Hall–Kier alpha value is -3.67. The van der Waals surface area contributed by atoms with Gasteiger partial charge in [-0.15, -0.1) is 5.10 Å². The summed E-state index contributed by atoms with van der Waals surface area (Å²) in [5.41, 5.74) is 6.68. The van der Waals surface area contributed by atoms with Crippen molar-refractivity contribution in [2.24, 2.45) is 0 Å². The van der Waals surface area contributed by atoms with Crippen molar-refractivity contribution < 1.29 is 0 Å². The monoisotopic (exact) mass is 397 g/mol. The molecule has 0 aliphatic heterocycles. The highest BCUT2D eigenvalue weighted by molar-refractivity contribution is 5.76. The fourth-order valence-corrected chi connectivity index (χ4v) is 3.77. The van der Waals surface area contributed by atoms with Crippen molar-refractivity contribution in [3.63, 3.8) is 0 Å². The third-order valence-corrected chi connectivity index (χ3v) is 5.65. The van der Waals surface area contributed by atoms with E-state index in [2.05, 4.69) is 43.2 Å². The second-order valence-corrected chi connectivity index (χ2v) is 7.99. The quantitative estimate of drug-likeness (QED) is 0.455. The minimum atomic E-state index is -0.153. The number of aryl methyl sites for hydroxylation is 1. The molecule has 0 amide bonds. The third-order valence-electron chi connectivity index (χ3n) is 5.65. The van der Waals surface area contributed by atoms with Crippen LogP contribution in [0.1, 0.15) is 36.5 Å². The topological polar surface area (TPSA) is 56.6 Å². The molecule has 0 atom stereocenters. The molecule has 0 radical (unpaired) electrons. The maximum Gasteiger partial charge on any atom is 0.350 e. The summed E-state index contributed by atoms with van der Waals surface area (Å²) < 4.78 is 4.88. The first kappa shape index (κ1) is 18.4. The fraction of sp³-hybridized carbons (Fsp3) is 0.208. The molecule has 30 heavy (non-hydrogen) atoms. The lowest BCUT2D eigenvalue weighted by atomic mass is 10.0. The molecular weight excluding hydrogens is 374 g/mol. The zero-order valence-corrected chi connectivity index (χ0v) is 17.3. The number of nitrogens with zero attached hydrogens (tertiary/aromatic N) is 5. The van der Waals surface area contributed by atoms with Crippen molar-refractivity contribution in [1.29, 1.82) is 0 Å². The van der Waals surface area contributed by atoms with Crippen molar-refractivity contribution in [2.75, 3.05) is 0 Å². The maximum absolute atomic E-state index is 12.9. The van der Waals surface area contributed by atoms with Crippen LogP contribution in [0.5, 0.6) is 0 Å². The van der Waals surface area contributed by atoms with E-state index in [4.69, 9.17) is 5.10 Å². The summed E-state index contributed by atoms with van der Waals surface area (Å²) >= 11 is 0. The predicted octanol–water partition coefficient (Wildman–Crippen LogP) is 4.29. The molecule has 3 aromatic heterocycles. The SMILES string of the molecule is Cc1ccccc1Cn1nc2c3cc(-c4ccc(C(C)C)cc4)nn3ccn2c1=O. The highest BCUT2D eigenvalue weighted by atomic mass is 16.2. The van der Waals surface area contributed by atoms with Crippen LogP contribution in [0.25, 0.3) is 22.4 Å². The Morgan fingerprint density at radius 3 is 2.47 bits per heavy atom. The lowest BCUT2D eigenvalue weighted by molar-refractivity contribution is 0.656. The van der Waals surface area contributed by atoms with Crippen LogP contribution in [-0.2, 0) is 6.54 Å². The van der Waals surface area contributed by atoms with E-state index in [9.17, 15) is 4.79 Å². The molecule has 2 aromatic carbocycles. The number of fused-ring (bicyclic) bond motifs is 3. The first-order valence-electron chi connectivity index (χ1n) is 10.1. The van der Waals surface area contributed by atoms with E-state index >= 15 is 0 Å². The number of aromatic nitrogens is 5. The molecule has 5 aromatic rings. The molecule has 0 spiro atoms. The minimum absolute atomic E-state index is 0.153. The molecule has 6 nitrogen and oxygen atoms in total. The Morgan fingerprint density at radius 1 is 0.967 bits per heavy atom. The van der Waals surface area contributed by atoms with Gasteiger partial charge in [-0.3, -0.25) is 0 Å². The lowest BCUT2D eigenvalue weighted by Gasteiger charge is -2.05. The number of benzene rings is 2. The van der Waals surface area contributed by atoms with E-state index in [-0.39, 0.29) is 5.69 Å². The van der Waals surface area contributed by atoms with Gasteiger partial charge in [-0.05, 0) is 35.6 Å². The summed E-state index contributed by atoms with van der Waals surface area (Å²) in [6, 6.07) is 18.5. The highest BCUT2D eigenvalue weighted by Crippen LogP contribution is 2.24. The van der Waals surface area contributed by atoms with Crippen LogP contribution in [0, 0.1) is 6.92 Å². The molecule has 0 saturated heterocycles. The van der Waals surface area contributed by atoms with Gasteiger partial charge in [0.05, 0.1) is 12.2 Å². The summed E-state index contributed by atoms with van der Waals surface area (Å²) in [5, 5.41) is 9.32. The first-order chi connectivity index (χ1) is 14.5. The molecular formula is C24H23N5O. The van der Waals surface area contributed by atoms with Gasteiger partial charge in [0.1, 0.15) is 5.52 Å². The second kappa shape index (κ2) is 6.99. The van der Waals surface area contributed by atoms with Crippen molar-refractivity contribution in [3.05, 3.63) is 94.2 Å². The van der Waals surface area contributed by atoms with E-state index in [1.807, 2.05) is 37.3 Å². The standard InChI is InChI=1S/C24H23N5O/c1-16(2)18-8-10-19(11-9-18)21-14-22-23-26-29(15-20-7-5-4-6-17(20)3)24(30)27(23)12-13-28(22)25-21/h4-14,16H,15H2,1-3H3. The van der Waals surface area contributed by atoms with Crippen molar-refractivity contribution in [1.82, 2.24) is 23.8 Å². The van der Waals surface area contributed by atoms with E-state index in [1.165, 1.54) is 10.2 Å². The molecule has 0 saturated carbocycles. The van der Waals surface area contributed by atoms with Crippen LogP contribution in [0.3, 0.4) is 0 Å². The third kappa shape index (κ3) is 3.01. The molecule has 3 heterocycles. The number of rotatable bonds is 4. The lowest BCUT2D eigenvalue weighted by Crippen LogP contribution is -2.22. The molecule has 0 unspecified atom stereocenters. The zero-order valence-electron chi connectivity index (χ0n) is 17.3. The van der Waals surface area contributed by atoms with Gasteiger partial charge in [0, 0.05) is 18.0 Å². The molecule has 0 aliphatic carbocycles. The van der Waals surface area contributed by atoms with Gasteiger partial charge in [0.15, 0.2) is 5.65 Å². The van der Waals surface area contributed by atoms with Gasteiger partial charge in [-0.2, -0.15) is 5.10 Å². The van der Waals surface area contributed by atoms with Crippen molar-refractivity contribution in [2.45, 2.75) is 33.2 Å². The van der Waals surface area contributed by atoms with Crippen LogP contribution in [-0.4, -0.2) is 23.8 Å². The second-order valence-electron chi connectivity index (χ2n) is 7.99. The fourth-order valence-electron chi connectivity index (χ4n) is 3.77. The minimum Gasteiger partial charge on any atom is -0.247 e. The van der Waals surface area contributed by atoms with Crippen LogP contribution >= 0.6 is 0 Å². The Labute approximate surface area is 174 Å². The average molecular weight is 397 g/mol. The molecule has 5 rings (SSSR count). The molecule has 6 heteroatoms. The smallest absolute Gasteiger partial charge is 0.247 e. The molecule has 0 fully saturated rings. The summed E-state index contributed by atoms with van der Waals surface area (Å²) in [6.45, 7) is 6.85. The van der Waals surface area contributed by atoms with Gasteiger partial charge in [0.2, 0.25) is 0 Å². The number of hydrogen-bond acceptors (Lipinski definition) is 3. The van der Waals surface area contributed by atoms with Gasteiger partial charge in [0.25, 0.3) is 0 Å². The van der Waals surface area contributed by atoms with Gasteiger partial charge >= 0.3 is 5.69 Å². The van der Waals surface area contributed by atoms with Crippen LogP contribution < -0.4 is 5.69 Å². The Balaban J connectivity index is 1.60. The van der Waals surface area contributed by atoms with E-state index in [0.717, 1.165) is 27.9 Å². The van der Waals surface area contributed by atoms with Crippen molar-refractivity contribution in [3.8, 4) is 11.3 Å². The molecule has 0 aliphatic rings. The summed E-state index contributed by atoms with van der Waals surface area (Å²) in [6.07, 6.45) is 3.53. The van der Waals surface area contributed by atoms with Gasteiger partial charge in [-0.1, -0.05) is 62.4 Å². The Bertz CT molecular complexity index is 1420. The van der Waals surface area contributed by atoms with Gasteiger partial charge < -0.3 is 0 Å². The molecule has 0 N–H and O–H groups in total. The molecule has 0 bridgehead atoms. The van der Waals surface area contributed by atoms with Gasteiger partial charge in [-0.25, -0.2) is 18.4 Å². The van der Waals surface area contributed by atoms with Crippen LogP contribution in [0.4, 0.5) is 0 Å². The van der Waals surface area contributed by atoms with Crippen molar-refractivity contribution >= 4 is 11.2 Å². The summed E-state index contributed by atoms with van der Waals surface area (Å²) in [5.74, 6) is 0.490. The first-order valence-corrected chi connectivity index (χ1v) is 10.1. The normalized spacial score (nSPS) is 11.7. The predicted molar refractivity (Wildman–Crippen MR) is 118 cm³/mol. The van der Waals surface area contributed by atoms with Crippen LogP contribution in [0.2, 0.25) is 0 Å².